The fraction of sp³-hybridized carbons (Fsp3) is 0.125. The average molecular weight is 379 g/mol. The molecule has 1 aliphatic rings. The highest BCUT2D eigenvalue weighted by Crippen LogP contribution is 2.22. The van der Waals surface area contributed by atoms with E-state index in [1.807, 2.05) is 0 Å². The molecule has 118 valence electrons. The Bertz CT molecular complexity index is 764. The predicted octanol–water partition coefficient (Wildman–Crippen LogP) is 3.80. The third kappa shape index (κ3) is 3.34. The number of hydrogen-bond acceptors (Lipinski definition) is 3. The van der Waals surface area contributed by atoms with Crippen LogP contribution in [0.5, 0.6) is 0 Å². The van der Waals surface area contributed by atoms with Crippen LogP contribution in [-0.2, 0) is 4.74 Å². The number of rotatable bonds is 3. The molecule has 0 aromatic heterocycles. The lowest BCUT2D eigenvalue weighted by Gasteiger charge is -2.13. The molecule has 2 aromatic rings. The lowest BCUT2D eigenvalue weighted by molar-refractivity contribution is 0.102. The number of carbonyl (C=O) groups excluding carboxylic acids is 2. The maximum absolute atomic E-state index is 13.7. The zero-order valence-electron chi connectivity index (χ0n) is 11.9. The molecule has 23 heavy (non-hydrogen) atoms. The van der Waals surface area contributed by atoms with Gasteiger partial charge in [0.25, 0.3) is 5.91 Å². The summed E-state index contributed by atoms with van der Waals surface area (Å²) in [5.41, 5.74) is 1.12. The van der Waals surface area contributed by atoms with Gasteiger partial charge >= 0.3 is 6.09 Å². The van der Waals surface area contributed by atoms with Crippen molar-refractivity contribution in [3.63, 3.8) is 0 Å². The van der Waals surface area contributed by atoms with Gasteiger partial charge < -0.3 is 10.1 Å². The van der Waals surface area contributed by atoms with Gasteiger partial charge in [0.15, 0.2) is 0 Å². The Kier molecular flexibility index (Phi) is 4.29. The second kappa shape index (κ2) is 6.37. The normalized spacial score (nSPS) is 13.8. The fourth-order valence-corrected chi connectivity index (χ4v) is 2.54. The van der Waals surface area contributed by atoms with Gasteiger partial charge in [0.2, 0.25) is 0 Å². The second-order valence-electron chi connectivity index (χ2n) is 4.89. The number of ether oxygens (including phenoxy) is 1. The van der Waals surface area contributed by atoms with Crippen LogP contribution in [-0.4, -0.2) is 25.2 Å². The van der Waals surface area contributed by atoms with Crippen molar-refractivity contribution in [3.8, 4) is 0 Å². The molecular weight excluding hydrogens is 367 g/mol. The third-order valence-electron chi connectivity index (χ3n) is 3.38. The zero-order chi connectivity index (χ0) is 16.4. The van der Waals surface area contributed by atoms with Crippen molar-refractivity contribution in [2.24, 2.45) is 0 Å². The van der Waals surface area contributed by atoms with Gasteiger partial charge in [-0.3, -0.25) is 9.69 Å². The molecule has 5 nitrogen and oxygen atoms in total. The predicted molar refractivity (Wildman–Crippen MR) is 87.2 cm³/mol. The third-order valence-corrected chi connectivity index (χ3v) is 3.87. The summed E-state index contributed by atoms with van der Waals surface area (Å²) in [5, 5.41) is 2.51. The van der Waals surface area contributed by atoms with E-state index in [0.29, 0.717) is 28.9 Å². The number of nitrogens with one attached hydrogen (secondary N) is 1. The summed E-state index contributed by atoms with van der Waals surface area (Å²) < 4.78 is 19.2. The number of benzene rings is 2. The molecule has 1 aliphatic heterocycles. The Hall–Kier alpha value is -2.41. The van der Waals surface area contributed by atoms with Gasteiger partial charge in [0.1, 0.15) is 12.4 Å². The van der Waals surface area contributed by atoms with E-state index < -0.39 is 17.8 Å². The molecular formula is C16H12BrFN2O3. The van der Waals surface area contributed by atoms with E-state index in [2.05, 4.69) is 21.2 Å². The van der Waals surface area contributed by atoms with Gasteiger partial charge in [-0.15, -0.1) is 0 Å². The molecule has 1 fully saturated rings. The number of halogens is 2. The monoisotopic (exact) mass is 378 g/mol. The summed E-state index contributed by atoms with van der Waals surface area (Å²) in [4.78, 5) is 25.1. The number of amides is 2. The van der Waals surface area contributed by atoms with Crippen LogP contribution in [0.25, 0.3) is 0 Å². The average Bonchev–Trinajstić information content (AvgIpc) is 2.96. The van der Waals surface area contributed by atoms with E-state index >= 15 is 0 Å². The van der Waals surface area contributed by atoms with Gasteiger partial charge in [-0.2, -0.15) is 0 Å². The highest BCUT2D eigenvalue weighted by Gasteiger charge is 2.23. The number of cyclic esters (lactones) is 1. The molecule has 1 saturated heterocycles. The van der Waals surface area contributed by atoms with Crippen LogP contribution in [0, 0.1) is 5.82 Å². The first-order valence-corrected chi connectivity index (χ1v) is 7.64. The van der Waals surface area contributed by atoms with Gasteiger partial charge in [-0.1, -0.05) is 15.9 Å². The van der Waals surface area contributed by atoms with Gasteiger partial charge in [-0.25, -0.2) is 9.18 Å². The van der Waals surface area contributed by atoms with E-state index in [1.54, 1.807) is 30.3 Å². The van der Waals surface area contributed by atoms with Crippen molar-refractivity contribution in [2.45, 2.75) is 0 Å². The maximum atomic E-state index is 13.7. The summed E-state index contributed by atoms with van der Waals surface area (Å²) in [6.45, 7) is 0.832. The minimum Gasteiger partial charge on any atom is -0.447 e. The highest BCUT2D eigenvalue weighted by molar-refractivity contribution is 9.10. The molecule has 0 spiro atoms. The Morgan fingerprint density at radius 3 is 2.57 bits per heavy atom. The van der Waals surface area contributed by atoms with Crippen molar-refractivity contribution < 1.29 is 18.7 Å². The molecule has 0 atom stereocenters. The fourth-order valence-electron chi connectivity index (χ4n) is 2.21. The summed E-state index contributed by atoms with van der Waals surface area (Å²) in [6.07, 6.45) is -0.404. The first-order valence-electron chi connectivity index (χ1n) is 6.85. The number of hydrogen-bond donors (Lipinski definition) is 1. The standard InChI is InChI=1S/C16H12BrFN2O3/c17-11-3-6-14(13(18)9-11)19-15(21)10-1-4-12(5-2-10)20-7-8-23-16(20)22/h1-6,9H,7-8H2,(H,19,21). The van der Waals surface area contributed by atoms with Crippen LogP contribution in [0.1, 0.15) is 10.4 Å². The van der Waals surface area contributed by atoms with Crippen LogP contribution in [0.15, 0.2) is 46.9 Å². The van der Waals surface area contributed by atoms with Crippen LogP contribution in [0.3, 0.4) is 0 Å². The van der Waals surface area contributed by atoms with Gasteiger partial charge in [0.05, 0.1) is 12.2 Å². The summed E-state index contributed by atoms with van der Waals surface area (Å²) in [6, 6.07) is 10.9. The Morgan fingerprint density at radius 2 is 1.96 bits per heavy atom. The van der Waals surface area contributed by atoms with E-state index in [1.165, 1.54) is 17.0 Å². The van der Waals surface area contributed by atoms with E-state index in [-0.39, 0.29) is 5.69 Å². The van der Waals surface area contributed by atoms with E-state index in [4.69, 9.17) is 4.74 Å². The van der Waals surface area contributed by atoms with Crippen molar-refractivity contribution >= 4 is 39.3 Å². The summed E-state index contributed by atoms with van der Waals surface area (Å²) in [5.74, 6) is -0.953. The van der Waals surface area contributed by atoms with E-state index in [0.717, 1.165) is 0 Å². The van der Waals surface area contributed by atoms with E-state index in [9.17, 15) is 14.0 Å². The van der Waals surface area contributed by atoms with Crippen molar-refractivity contribution in [2.75, 3.05) is 23.4 Å². The summed E-state index contributed by atoms with van der Waals surface area (Å²) in [7, 11) is 0. The molecule has 7 heteroatoms. The maximum Gasteiger partial charge on any atom is 0.414 e. The second-order valence-corrected chi connectivity index (χ2v) is 5.81. The minimum absolute atomic E-state index is 0.102. The zero-order valence-corrected chi connectivity index (χ0v) is 13.5. The Balaban J connectivity index is 1.74. The minimum atomic E-state index is -0.524. The molecule has 1 heterocycles. The van der Waals surface area contributed by atoms with Crippen LogP contribution >= 0.6 is 15.9 Å². The number of anilines is 2. The van der Waals surface area contributed by atoms with Crippen molar-refractivity contribution in [3.05, 3.63) is 58.3 Å². The summed E-state index contributed by atoms with van der Waals surface area (Å²) >= 11 is 3.16. The van der Waals surface area contributed by atoms with Crippen LogP contribution in [0.4, 0.5) is 20.6 Å². The molecule has 0 unspecified atom stereocenters. The first-order chi connectivity index (χ1) is 11.0. The molecule has 0 radical (unpaired) electrons. The molecule has 0 bridgehead atoms. The smallest absolute Gasteiger partial charge is 0.414 e. The Morgan fingerprint density at radius 1 is 1.22 bits per heavy atom. The Labute approximate surface area is 140 Å². The van der Waals surface area contributed by atoms with Gasteiger partial charge in [0, 0.05) is 15.7 Å². The SMILES string of the molecule is O=C(Nc1ccc(Br)cc1F)c1ccc(N2CCOC2=O)cc1. The molecule has 2 amide bonds. The lowest BCUT2D eigenvalue weighted by Crippen LogP contribution is -2.23. The molecule has 2 aromatic carbocycles. The molecule has 1 N–H and O–H groups in total. The topological polar surface area (TPSA) is 58.6 Å². The quantitative estimate of drug-likeness (QED) is 0.883. The van der Waals surface area contributed by atoms with Gasteiger partial charge in [-0.05, 0) is 42.5 Å². The number of nitrogens with zero attached hydrogens (tertiary/aromatic N) is 1. The van der Waals surface area contributed by atoms with Crippen molar-refractivity contribution in [1.29, 1.82) is 0 Å². The molecule has 0 aliphatic carbocycles. The first kappa shape index (κ1) is 15.5. The largest absolute Gasteiger partial charge is 0.447 e. The van der Waals surface area contributed by atoms with Crippen LogP contribution < -0.4 is 10.2 Å². The van der Waals surface area contributed by atoms with Crippen LogP contribution in [0.2, 0.25) is 0 Å². The molecule has 0 saturated carbocycles. The molecule has 3 rings (SSSR count). The number of carbonyl (C=O) groups is 2. The lowest BCUT2D eigenvalue weighted by atomic mass is 10.1. The highest BCUT2D eigenvalue weighted by atomic mass is 79.9. The van der Waals surface area contributed by atoms with Crippen molar-refractivity contribution in [1.82, 2.24) is 0 Å².